The maximum atomic E-state index is 12.3. The fourth-order valence-corrected chi connectivity index (χ4v) is 0.811. The molecule has 74 valence electrons. The van der Waals surface area contributed by atoms with Gasteiger partial charge in [0.25, 0.3) is 0 Å². The van der Waals surface area contributed by atoms with Gasteiger partial charge in [0.1, 0.15) is 5.97 Å². The normalized spacial score (nSPS) is 22.9. The van der Waals surface area contributed by atoms with Crippen LogP contribution in [0.2, 0.25) is 0 Å². The molecule has 1 saturated heterocycles. The number of alkyl halides is 2. The summed E-state index contributed by atoms with van der Waals surface area (Å²) in [7, 11) is 0. The summed E-state index contributed by atoms with van der Waals surface area (Å²) in [6.07, 6.45) is -6.05. The Morgan fingerprint density at radius 2 is 2.31 bits per heavy atom. The highest BCUT2D eigenvalue weighted by molar-refractivity contribution is 5.77. The van der Waals surface area contributed by atoms with E-state index in [0.29, 0.717) is 0 Å². The van der Waals surface area contributed by atoms with Gasteiger partial charge in [-0.3, -0.25) is 0 Å². The second kappa shape index (κ2) is 3.25. The van der Waals surface area contributed by atoms with Crippen LogP contribution in [0.1, 0.15) is 6.42 Å². The van der Waals surface area contributed by atoms with Crippen molar-refractivity contribution in [1.82, 2.24) is 0 Å². The lowest BCUT2D eigenvalue weighted by Crippen LogP contribution is -2.46. The molecule has 0 aliphatic carbocycles. The number of hydrogen-bond acceptors (Lipinski definition) is 5. The summed E-state index contributed by atoms with van der Waals surface area (Å²) in [5, 5.41) is 9.78. The number of carboxylic acid groups (broad SMARTS) is 1. The van der Waals surface area contributed by atoms with Crippen LogP contribution in [0, 0.1) is 0 Å². The highest BCUT2D eigenvalue weighted by Gasteiger charge is 2.40. The van der Waals surface area contributed by atoms with E-state index >= 15 is 0 Å². The number of esters is 1. The van der Waals surface area contributed by atoms with E-state index in [1.807, 2.05) is 0 Å². The van der Waals surface area contributed by atoms with E-state index in [-0.39, 0.29) is 13.0 Å². The summed E-state index contributed by atoms with van der Waals surface area (Å²) >= 11 is 0. The number of carbonyl (C=O) groups is 2. The van der Waals surface area contributed by atoms with E-state index in [4.69, 9.17) is 0 Å². The lowest BCUT2D eigenvalue weighted by Gasteiger charge is -2.19. The van der Waals surface area contributed by atoms with E-state index in [1.165, 1.54) is 0 Å². The Kier molecular flexibility index (Phi) is 2.46. The number of cyclic esters (lactones) is 1. The summed E-state index contributed by atoms with van der Waals surface area (Å²) in [6, 6.07) is 0. The van der Waals surface area contributed by atoms with Gasteiger partial charge in [0.05, 0.1) is 6.61 Å². The Morgan fingerprint density at radius 1 is 1.69 bits per heavy atom. The molecule has 0 aromatic carbocycles. The fourth-order valence-electron chi connectivity index (χ4n) is 0.811. The quantitative estimate of drug-likeness (QED) is 0.521. The molecule has 0 radical (unpaired) electrons. The smallest absolute Gasteiger partial charge is 0.398 e. The molecule has 0 bridgehead atoms. The molecule has 1 fully saturated rings. The monoisotopic (exact) mass is 195 g/mol. The van der Waals surface area contributed by atoms with E-state index in [2.05, 4.69) is 9.47 Å². The number of carboxylic acids is 1. The third-order valence-electron chi connectivity index (χ3n) is 1.42. The molecule has 0 aromatic rings. The van der Waals surface area contributed by atoms with Crippen molar-refractivity contribution >= 4 is 11.9 Å². The van der Waals surface area contributed by atoms with Gasteiger partial charge >= 0.3 is 12.1 Å². The number of hydrogen-bond donors (Lipinski definition) is 0. The summed E-state index contributed by atoms with van der Waals surface area (Å²) in [5.41, 5.74) is 0. The average Bonchev–Trinajstić information content (AvgIpc) is 2.35. The van der Waals surface area contributed by atoms with Gasteiger partial charge in [0.2, 0.25) is 0 Å². The van der Waals surface area contributed by atoms with Crippen LogP contribution in [0.5, 0.6) is 0 Å². The van der Waals surface area contributed by atoms with Gasteiger partial charge in [-0.25, -0.2) is 4.79 Å². The van der Waals surface area contributed by atoms with Crippen molar-refractivity contribution in [3.05, 3.63) is 0 Å². The maximum absolute atomic E-state index is 12.3. The Bertz CT molecular complexity index is 239. The molecule has 0 spiro atoms. The van der Waals surface area contributed by atoms with Gasteiger partial charge in [0, 0.05) is 6.42 Å². The molecule has 7 heteroatoms. The van der Waals surface area contributed by atoms with Crippen LogP contribution in [0.3, 0.4) is 0 Å². The molecule has 0 saturated carbocycles. The van der Waals surface area contributed by atoms with Crippen LogP contribution in [0.4, 0.5) is 8.78 Å². The van der Waals surface area contributed by atoms with Crippen LogP contribution < -0.4 is 5.11 Å². The van der Waals surface area contributed by atoms with Crippen molar-refractivity contribution in [2.24, 2.45) is 0 Å². The topological polar surface area (TPSA) is 75.7 Å². The van der Waals surface area contributed by atoms with E-state index in [9.17, 15) is 23.5 Å². The average molecular weight is 195 g/mol. The lowest BCUT2D eigenvalue weighted by atomic mass is 10.3. The molecule has 13 heavy (non-hydrogen) atoms. The third-order valence-corrected chi connectivity index (χ3v) is 1.42. The first-order valence-corrected chi connectivity index (χ1v) is 3.37. The molecule has 1 aliphatic heterocycles. The number of aliphatic carboxylic acids is 1. The zero-order valence-corrected chi connectivity index (χ0v) is 6.29. The lowest BCUT2D eigenvalue weighted by molar-refractivity contribution is -0.366. The molecule has 1 atom stereocenters. The van der Waals surface area contributed by atoms with Gasteiger partial charge in [-0.2, -0.15) is 8.78 Å². The Balaban J connectivity index is 2.57. The molecule has 0 aromatic heterocycles. The highest BCUT2D eigenvalue weighted by atomic mass is 19.3. The van der Waals surface area contributed by atoms with Crippen molar-refractivity contribution < 1.29 is 33.0 Å². The van der Waals surface area contributed by atoms with E-state index < -0.39 is 24.2 Å². The molecule has 5 nitrogen and oxygen atoms in total. The molecule has 0 amide bonds. The summed E-state index contributed by atoms with van der Waals surface area (Å²) in [6.45, 7) is -0.0490. The van der Waals surface area contributed by atoms with Gasteiger partial charge < -0.3 is 19.4 Å². The van der Waals surface area contributed by atoms with Gasteiger partial charge in [-0.1, -0.05) is 0 Å². The van der Waals surface area contributed by atoms with Gasteiger partial charge in [-0.05, 0) is 0 Å². The molecular formula is C6H5F2O5-. The van der Waals surface area contributed by atoms with Crippen molar-refractivity contribution in [2.45, 2.75) is 18.6 Å². The van der Waals surface area contributed by atoms with Crippen LogP contribution in [-0.2, 0) is 19.1 Å². The SMILES string of the molecule is O=C1OCCC1OC(F)(F)C(=O)[O-]. The third kappa shape index (κ3) is 2.11. The number of carbonyl (C=O) groups excluding carboxylic acids is 2. The molecule has 1 unspecified atom stereocenters. The summed E-state index contributed by atoms with van der Waals surface area (Å²) in [5.74, 6) is -3.66. The predicted molar refractivity (Wildman–Crippen MR) is 30.4 cm³/mol. The zero-order valence-electron chi connectivity index (χ0n) is 6.29. The maximum Gasteiger partial charge on any atom is 0.398 e. The largest absolute Gasteiger partial charge is 0.542 e. The highest BCUT2D eigenvalue weighted by Crippen LogP contribution is 2.21. The zero-order chi connectivity index (χ0) is 10.1. The molecule has 1 rings (SSSR count). The standard InChI is InChI=1S/C6H6F2O5/c7-6(8,5(10)11)13-3-1-2-12-4(3)9/h3H,1-2H2,(H,10,11)/p-1. The van der Waals surface area contributed by atoms with Crippen LogP contribution in [0.25, 0.3) is 0 Å². The Morgan fingerprint density at radius 3 is 2.69 bits per heavy atom. The minimum absolute atomic E-state index is 0.0490. The summed E-state index contributed by atoms with van der Waals surface area (Å²) < 4.78 is 32.5. The first-order valence-electron chi connectivity index (χ1n) is 3.37. The van der Waals surface area contributed by atoms with Crippen LogP contribution in [0.15, 0.2) is 0 Å². The first kappa shape index (κ1) is 9.85. The van der Waals surface area contributed by atoms with E-state index in [1.54, 1.807) is 0 Å². The second-order valence-electron chi connectivity index (χ2n) is 2.37. The molecule has 1 heterocycles. The molecular weight excluding hydrogens is 190 g/mol. The van der Waals surface area contributed by atoms with Crippen molar-refractivity contribution in [1.29, 1.82) is 0 Å². The minimum Gasteiger partial charge on any atom is -0.542 e. The Labute approximate surface area is 71.2 Å². The van der Waals surface area contributed by atoms with Crippen molar-refractivity contribution in [3.8, 4) is 0 Å². The second-order valence-corrected chi connectivity index (χ2v) is 2.37. The number of rotatable bonds is 3. The molecule has 0 N–H and O–H groups in total. The Hall–Kier alpha value is -1.24. The fraction of sp³-hybridized carbons (Fsp3) is 0.667. The van der Waals surface area contributed by atoms with Gasteiger partial charge in [0.15, 0.2) is 6.10 Å². The van der Waals surface area contributed by atoms with Crippen molar-refractivity contribution in [2.75, 3.05) is 6.61 Å². The number of halogens is 2. The first-order chi connectivity index (χ1) is 5.93. The van der Waals surface area contributed by atoms with Gasteiger partial charge in [-0.15, -0.1) is 0 Å². The minimum atomic E-state index is -4.45. The number of ether oxygens (including phenoxy) is 2. The van der Waals surface area contributed by atoms with Crippen LogP contribution in [-0.4, -0.2) is 30.8 Å². The predicted octanol–water partition coefficient (Wildman–Crippen LogP) is -1.34. The van der Waals surface area contributed by atoms with E-state index in [0.717, 1.165) is 0 Å². The van der Waals surface area contributed by atoms with Crippen molar-refractivity contribution in [3.63, 3.8) is 0 Å². The molecule has 1 aliphatic rings. The summed E-state index contributed by atoms with van der Waals surface area (Å²) in [4.78, 5) is 20.4. The van der Waals surface area contributed by atoms with Crippen LogP contribution >= 0.6 is 0 Å².